The topological polar surface area (TPSA) is 51.5 Å². The van der Waals surface area contributed by atoms with Crippen molar-refractivity contribution >= 4 is 22.7 Å². The molecule has 0 spiro atoms. The number of fused-ring (bicyclic) bond motifs is 2. The highest BCUT2D eigenvalue weighted by molar-refractivity contribution is 5.87. The summed E-state index contributed by atoms with van der Waals surface area (Å²) in [5.74, 6) is 1.65. The fraction of sp³-hybridized carbons (Fsp3) is 0.280. The Bertz CT molecular complexity index is 1170. The molecule has 2 heterocycles. The highest BCUT2D eigenvalue weighted by Crippen LogP contribution is 2.35. The van der Waals surface area contributed by atoms with Gasteiger partial charge >= 0.3 is 0 Å². The molecule has 0 radical (unpaired) electrons. The van der Waals surface area contributed by atoms with E-state index < -0.39 is 0 Å². The second-order valence-electron chi connectivity index (χ2n) is 7.63. The second kappa shape index (κ2) is 8.19. The number of para-hydroxylation sites is 1. The quantitative estimate of drug-likeness (QED) is 0.421. The molecule has 0 amide bonds. The molecule has 0 saturated heterocycles. The van der Waals surface area contributed by atoms with E-state index in [1.54, 1.807) is 7.11 Å². The third-order valence-electron chi connectivity index (χ3n) is 5.62. The molecule has 1 aliphatic carbocycles. The van der Waals surface area contributed by atoms with Gasteiger partial charge in [0.25, 0.3) is 0 Å². The molecule has 0 unspecified atom stereocenters. The number of hydrogen-bond donors (Lipinski definition) is 1. The zero-order valence-corrected chi connectivity index (χ0v) is 18.1. The van der Waals surface area contributed by atoms with E-state index in [0.29, 0.717) is 5.76 Å². The van der Waals surface area contributed by atoms with Crippen molar-refractivity contribution in [2.45, 2.75) is 40.0 Å². The van der Waals surface area contributed by atoms with Crippen molar-refractivity contribution in [1.82, 2.24) is 14.6 Å². The Morgan fingerprint density at radius 1 is 1.23 bits per heavy atom. The normalized spacial score (nSPS) is 14.1. The lowest BCUT2D eigenvalue weighted by atomic mass is 9.98. The minimum Gasteiger partial charge on any atom is -0.497 e. The summed E-state index contributed by atoms with van der Waals surface area (Å²) >= 11 is 0. The molecule has 0 saturated carbocycles. The number of aromatic nitrogens is 3. The maximum Gasteiger partial charge on any atom is 0.165 e. The van der Waals surface area contributed by atoms with Crippen LogP contribution < -0.4 is 5.32 Å². The molecule has 5 heteroatoms. The van der Waals surface area contributed by atoms with Crippen LogP contribution in [0.2, 0.25) is 0 Å². The molecule has 1 N–H and O–H groups in total. The van der Waals surface area contributed by atoms with Gasteiger partial charge in [-0.3, -0.25) is 0 Å². The average Bonchev–Trinajstić information content (AvgIpc) is 3.34. The van der Waals surface area contributed by atoms with Gasteiger partial charge in [-0.2, -0.15) is 9.61 Å². The number of ether oxygens (including phenoxy) is 1. The fourth-order valence-corrected chi connectivity index (χ4v) is 4.19. The minimum atomic E-state index is 0.626. The fourth-order valence-electron chi connectivity index (χ4n) is 4.19. The Labute approximate surface area is 177 Å². The van der Waals surface area contributed by atoms with E-state index in [-0.39, 0.29) is 0 Å². The molecule has 1 aliphatic rings. The van der Waals surface area contributed by atoms with Crippen molar-refractivity contribution < 1.29 is 4.74 Å². The van der Waals surface area contributed by atoms with Crippen LogP contribution in [0.15, 0.2) is 60.4 Å². The number of hydrogen-bond acceptors (Lipinski definition) is 4. The first-order valence-electron chi connectivity index (χ1n) is 10.3. The summed E-state index contributed by atoms with van der Waals surface area (Å²) in [5.41, 5.74) is 8.54. The van der Waals surface area contributed by atoms with Crippen LogP contribution in [-0.2, 0) is 17.6 Å². The molecule has 0 aliphatic heterocycles. The summed E-state index contributed by atoms with van der Waals surface area (Å²) in [7, 11) is 1.63. The summed E-state index contributed by atoms with van der Waals surface area (Å²) in [6.45, 7) is 10.1. The molecule has 0 atom stereocenters. The van der Waals surface area contributed by atoms with Crippen LogP contribution in [0.5, 0.6) is 0 Å². The molecular weight excluding hydrogens is 372 g/mol. The SMILES string of the molecule is C=C(/C=C(C)\C(=C/C)c1c(C)nn2c(Nc3ccccc3)c3c(nc12)CCC3)OC. The molecule has 3 aromatic rings. The Hall–Kier alpha value is -3.34. The number of nitrogens with zero attached hydrogens (tertiary/aromatic N) is 3. The molecule has 30 heavy (non-hydrogen) atoms. The largest absolute Gasteiger partial charge is 0.497 e. The van der Waals surface area contributed by atoms with Crippen molar-refractivity contribution in [2.75, 3.05) is 12.4 Å². The Morgan fingerprint density at radius 2 is 2.00 bits per heavy atom. The lowest BCUT2D eigenvalue weighted by Gasteiger charge is -2.14. The molecule has 4 rings (SSSR count). The lowest BCUT2D eigenvalue weighted by Crippen LogP contribution is -2.07. The standard InChI is InChI=1S/C25H28N4O/c1-6-20(16(2)15-17(3)30-5)23-18(4)28-29-24(26-19-11-8-7-9-12-19)21-13-10-14-22(21)27-25(23)29/h6-9,11-12,15,26H,3,10,13-14H2,1-2,4-5H3/b16-15-,20-6+. The van der Waals surface area contributed by atoms with Crippen molar-refractivity contribution in [2.24, 2.45) is 0 Å². The van der Waals surface area contributed by atoms with Crippen LogP contribution >= 0.6 is 0 Å². The number of anilines is 2. The second-order valence-corrected chi connectivity index (χ2v) is 7.63. The summed E-state index contributed by atoms with van der Waals surface area (Å²) < 4.78 is 7.23. The monoisotopic (exact) mass is 400 g/mol. The van der Waals surface area contributed by atoms with Crippen LogP contribution in [0.4, 0.5) is 11.5 Å². The Kier molecular flexibility index (Phi) is 5.44. The molecular formula is C25H28N4O. The van der Waals surface area contributed by atoms with Gasteiger partial charge < -0.3 is 10.1 Å². The van der Waals surface area contributed by atoms with Crippen LogP contribution in [0.1, 0.15) is 42.8 Å². The molecule has 0 fully saturated rings. The summed E-state index contributed by atoms with van der Waals surface area (Å²) in [6.07, 6.45) is 7.20. The smallest absolute Gasteiger partial charge is 0.165 e. The van der Waals surface area contributed by atoms with Gasteiger partial charge in [-0.25, -0.2) is 4.98 Å². The number of benzene rings is 1. The maximum absolute atomic E-state index is 5.25. The zero-order valence-electron chi connectivity index (χ0n) is 18.1. The van der Waals surface area contributed by atoms with Gasteiger partial charge in [0.2, 0.25) is 0 Å². The summed E-state index contributed by atoms with van der Waals surface area (Å²) in [5, 5.41) is 8.51. The van der Waals surface area contributed by atoms with E-state index in [9.17, 15) is 0 Å². The first-order valence-corrected chi connectivity index (χ1v) is 10.3. The Morgan fingerprint density at radius 3 is 2.70 bits per heavy atom. The molecule has 0 bridgehead atoms. The number of allylic oxidation sites excluding steroid dienone is 4. The number of aryl methyl sites for hydroxylation is 2. The first-order chi connectivity index (χ1) is 14.5. The first kappa shape index (κ1) is 20.0. The summed E-state index contributed by atoms with van der Waals surface area (Å²) in [4.78, 5) is 5.07. The van der Waals surface area contributed by atoms with Crippen molar-refractivity contribution in [1.29, 1.82) is 0 Å². The predicted molar refractivity (Wildman–Crippen MR) is 123 cm³/mol. The molecule has 5 nitrogen and oxygen atoms in total. The maximum atomic E-state index is 5.25. The third kappa shape index (κ3) is 3.52. The number of nitrogens with one attached hydrogen (secondary N) is 1. The highest BCUT2D eigenvalue weighted by atomic mass is 16.5. The predicted octanol–water partition coefficient (Wildman–Crippen LogP) is 5.78. The van der Waals surface area contributed by atoms with Crippen LogP contribution in [0, 0.1) is 6.92 Å². The molecule has 2 aromatic heterocycles. The van der Waals surface area contributed by atoms with Gasteiger partial charge in [-0.1, -0.05) is 30.9 Å². The van der Waals surface area contributed by atoms with E-state index in [1.807, 2.05) is 42.6 Å². The average molecular weight is 401 g/mol. The van der Waals surface area contributed by atoms with Crippen LogP contribution in [0.3, 0.4) is 0 Å². The van der Waals surface area contributed by atoms with Gasteiger partial charge in [0.05, 0.1) is 12.8 Å². The van der Waals surface area contributed by atoms with Crippen LogP contribution in [-0.4, -0.2) is 21.7 Å². The number of methoxy groups -OCH3 is 1. The molecule has 154 valence electrons. The van der Waals surface area contributed by atoms with Crippen molar-refractivity contribution in [3.05, 3.63) is 82.9 Å². The highest BCUT2D eigenvalue weighted by Gasteiger charge is 2.25. The van der Waals surface area contributed by atoms with Gasteiger partial charge in [-0.15, -0.1) is 0 Å². The van der Waals surface area contributed by atoms with E-state index in [2.05, 4.69) is 37.0 Å². The van der Waals surface area contributed by atoms with Crippen molar-refractivity contribution in [3.63, 3.8) is 0 Å². The van der Waals surface area contributed by atoms with Gasteiger partial charge in [0, 0.05) is 22.5 Å². The van der Waals surface area contributed by atoms with E-state index >= 15 is 0 Å². The summed E-state index contributed by atoms with van der Waals surface area (Å²) in [6, 6.07) is 10.2. The third-order valence-corrected chi connectivity index (χ3v) is 5.62. The van der Waals surface area contributed by atoms with Crippen LogP contribution in [0.25, 0.3) is 11.2 Å². The van der Waals surface area contributed by atoms with Gasteiger partial charge in [0.1, 0.15) is 11.6 Å². The molecule has 1 aromatic carbocycles. The number of rotatable bonds is 6. The van der Waals surface area contributed by atoms with Gasteiger partial charge in [-0.05, 0) is 69.4 Å². The van der Waals surface area contributed by atoms with Gasteiger partial charge in [0.15, 0.2) is 5.65 Å². The van der Waals surface area contributed by atoms with E-state index in [4.69, 9.17) is 14.8 Å². The van der Waals surface area contributed by atoms with E-state index in [1.165, 1.54) is 11.3 Å². The zero-order chi connectivity index (χ0) is 21.3. The van der Waals surface area contributed by atoms with Crippen molar-refractivity contribution in [3.8, 4) is 0 Å². The minimum absolute atomic E-state index is 0.626. The Balaban J connectivity index is 1.91. The van der Waals surface area contributed by atoms with E-state index in [0.717, 1.165) is 58.8 Å². The lowest BCUT2D eigenvalue weighted by molar-refractivity contribution is 0.308.